The number of likely N-dealkylation sites (tertiary alicyclic amines) is 1. The van der Waals surface area contributed by atoms with Gasteiger partial charge in [-0.15, -0.1) is 0 Å². The first-order chi connectivity index (χ1) is 16.8. The number of pyridine rings is 1. The summed E-state index contributed by atoms with van der Waals surface area (Å²) in [4.78, 5) is 18.9. The second-order valence-electron chi connectivity index (χ2n) is 8.80. The van der Waals surface area contributed by atoms with E-state index >= 15 is 0 Å². The summed E-state index contributed by atoms with van der Waals surface area (Å²) in [7, 11) is 1.56. The number of fused-ring (bicyclic) bond motifs is 2. The molecule has 0 spiro atoms. The highest BCUT2D eigenvalue weighted by molar-refractivity contribution is 6.11. The van der Waals surface area contributed by atoms with Crippen LogP contribution in [0.1, 0.15) is 25.7 Å². The normalized spacial score (nSPS) is 18.4. The summed E-state index contributed by atoms with van der Waals surface area (Å²) in [6, 6.07) is 9.97. The van der Waals surface area contributed by atoms with Crippen molar-refractivity contribution in [2.24, 2.45) is 0 Å². The Balaban J connectivity index is 1.56. The molecule has 34 heavy (non-hydrogen) atoms. The molecule has 0 radical (unpaired) electrons. The van der Waals surface area contributed by atoms with E-state index in [0.29, 0.717) is 47.8 Å². The van der Waals surface area contributed by atoms with Gasteiger partial charge in [-0.1, -0.05) is 18.2 Å². The number of carbonyl (C=O) groups is 1. The first kappa shape index (κ1) is 22.7. The Labute approximate surface area is 199 Å². The van der Waals surface area contributed by atoms with E-state index in [0.717, 1.165) is 55.7 Å². The van der Waals surface area contributed by atoms with Gasteiger partial charge in [0, 0.05) is 24.6 Å². The molecule has 8 heteroatoms. The predicted octanol–water partition coefficient (Wildman–Crippen LogP) is 4.00. The summed E-state index contributed by atoms with van der Waals surface area (Å²) in [5, 5.41) is 5.25. The first-order valence-corrected chi connectivity index (χ1v) is 12.0. The van der Waals surface area contributed by atoms with Gasteiger partial charge in [-0.05, 0) is 44.8 Å². The van der Waals surface area contributed by atoms with Crippen molar-refractivity contribution < 1.29 is 23.7 Å². The van der Waals surface area contributed by atoms with Gasteiger partial charge in [0.25, 0.3) is 6.47 Å². The van der Waals surface area contributed by atoms with Gasteiger partial charge in [-0.3, -0.25) is 4.79 Å². The molecule has 0 bridgehead atoms. The van der Waals surface area contributed by atoms with E-state index in [1.54, 1.807) is 7.11 Å². The van der Waals surface area contributed by atoms with Crippen molar-refractivity contribution in [2.45, 2.75) is 31.7 Å². The molecule has 0 aliphatic carbocycles. The van der Waals surface area contributed by atoms with Crippen LogP contribution in [0.15, 0.2) is 30.3 Å². The molecule has 180 valence electrons. The molecule has 8 nitrogen and oxygen atoms in total. The number of aromatic nitrogens is 1. The molecule has 2 fully saturated rings. The summed E-state index contributed by atoms with van der Waals surface area (Å²) >= 11 is 0. The molecule has 1 aromatic heterocycles. The van der Waals surface area contributed by atoms with E-state index < -0.39 is 0 Å². The first-order valence-electron chi connectivity index (χ1n) is 12.0. The number of nitrogens with zero attached hydrogens (tertiary/aromatic N) is 2. The molecule has 0 saturated carbocycles. The van der Waals surface area contributed by atoms with Gasteiger partial charge in [-0.2, -0.15) is 0 Å². The fraction of sp³-hybridized carbons (Fsp3) is 0.462. The third-order valence-electron chi connectivity index (χ3n) is 6.57. The third kappa shape index (κ3) is 4.60. The summed E-state index contributed by atoms with van der Waals surface area (Å²) in [5.41, 5.74) is 2.37. The average Bonchev–Trinajstić information content (AvgIpc) is 3.56. The molecule has 2 saturated heterocycles. The molecule has 2 aliphatic heterocycles. The van der Waals surface area contributed by atoms with Gasteiger partial charge < -0.3 is 29.2 Å². The topological polar surface area (TPSA) is 82.2 Å². The van der Waals surface area contributed by atoms with Gasteiger partial charge in [0.15, 0.2) is 11.5 Å². The number of anilines is 1. The van der Waals surface area contributed by atoms with Gasteiger partial charge in [0.1, 0.15) is 0 Å². The quantitative estimate of drug-likeness (QED) is 0.273. The zero-order valence-electron chi connectivity index (χ0n) is 19.5. The Morgan fingerprint density at radius 1 is 1.21 bits per heavy atom. The largest absolute Gasteiger partial charge is 0.490 e. The minimum absolute atomic E-state index is 0.158. The highest BCUT2D eigenvalue weighted by Crippen LogP contribution is 2.47. The van der Waals surface area contributed by atoms with Crippen molar-refractivity contribution >= 4 is 34.0 Å². The second-order valence-corrected chi connectivity index (χ2v) is 8.80. The zero-order chi connectivity index (χ0) is 23.3. The van der Waals surface area contributed by atoms with Crippen LogP contribution in [0.2, 0.25) is 0 Å². The number of benzene rings is 2. The number of rotatable bonds is 10. The lowest BCUT2D eigenvalue weighted by Gasteiger charge is -2.21. The minimum atomic E-state index is 0.158. The van der Waals surface area contributed by atoms with Gasteiger partial charge in [0.2, 0.25) is 5.75 Å². The van der Waals surface area contributed by atoms with E-state index in [1.807, 2.05) is 30.3 Å². The number of para-hydroxylation sites is 1. The van der Waals surface area contributed by atoms with Crippen LogP contribution in [-0.4, -0.2) is 69.0 Å². The zero-order valence-corrected chi connectivity index (χ0v) is 19.5. The molecule has 5 rings (SSSR count). The lowest BCUT2D eigenvalue weighted by Crippen LogP contribution is -2.22. The number of nitrogens with one attached hydrogen (secondary N) is 1. The Bertz CT molecular complexity index is 1160. The minimum Gasteiger partial charge on any atom is -0.490 e. The van der Waals surface area contributed by atoms with Gasteiger partial charge >= 0.3 is 0 Å². The van der Waals surface area contributed by atoms with Crippen LogP contribution in [0, 0.1) is 0 Å². The number of hydrogen-bond acceptors (Lipinski definition) is 8. The fourth-order valence-electron chi connectivity index (χ4n) is 4.92. The van der Waals surface area contributed by atoms with Crippen molar-refractivity contribution in [3.8, 4) is 17.2 Å². The molecule has 2 aromatic carbocycles. The maximum atomic E-state index is 11.5. The van der Waals surface area contributed by atoms with Gasteiger partial charge in [0.05, 0.1) is 48.5 Å². The SMILES string of the molecule is COc1c(OCCCN2CCCC2)cc2nc3ccccc3c(N[C@@H]3CCOC3)c2c1OC=O. The molecular weight excluding hydrogens is 434 g/mol. The Morgan fingerprint density at radius 2 is 2.06 bits per heavy atom. The number of methoxy groups -OCH3 is 1. The molecule has 2 aliphatic rings. The maximum absolute atomic E-state index is 11.5. The Hall–Kier alpha value is -3.10. The van der Waals surface area contributed by atoms with Crippen LogP contribution in [0.3, 0.4) is 0 Å². The van der Waals surface area contributed by atoms with Crippen molar-refractivity contribution in [2.75, 3.05) is 51.9 Å². The molecule has 0 unspecified atom stereocenters. The van der Waals surface area contributed by atoms with E-state index in [-0.39, 0.29) is 6.04 Å². The van der Waals surface area contributed by atoms with Crippen molar-refractivity contribution in [3.05, 3.63) is 30.3 Å². The summed E-state index contributed by atoms with van der Waals surface area (Å²) < 4.78 is 22.9. The molecular formula is C26H31N3O5. The fourth-order valence-corrected chi connectivity index (χ4v) is 4.92. The highest BCUT2D eigenvalue weighted by atomic mass is 16.6. The van der Waals surface area contributed by atoms with Crippen LogP contribution >= 0.6 is 0 Å². The number of hydrogen-bond donors (Lipinski definition) is 1. The van der Waals surface area contributed by atoms with Crippen molar-refractivity contribution in [1.82, 2.24) is 9.88 Å². The van der Waals surface area contributed by atoms with Crippen LogP contribution in [-0.2, 0) is 9.53 Å². The molecule has 3 aromatic rings. The molecule has 1 atom stereocenters. The van der Waals surface area contributed by atoms with Crippen LogP contribution in [0.5, 0.6) is 17.2 Å². The van der Waals surface area contributed by atoms with Crippen LogP contribution in [0.4, 0.5) is 5.69 Å². The summed E-state index contributed by atoms with van der Waals surface area (Å²) in [5.74, 6) is 1.22. The smallest absolute Gasteiger partial charge is 0.298 e. The molecule has 1 N–H and O–H groups in total. The predicted molar refractivity (Wildman–Crippen MR) is 131 cm³/mol. The maximum Gasteiger partial charge on any atom is 0.298 e. The van der Waals surface area contributed by atoms with Gasteiger partial charge in [-0.25, -0.2) is 4.98 Å². The third-order valence-corrected chi connectivity index (χ3v) is 6.57. The van der Waals surface area contributed by atoms with Crippen molar-refractivity contribution in [1.29, 1.82) is 0 Å². The van der Waals surface area contributed by atoms with E-state index in [9.17, 15) is 4.79 Å². The van der Waals surface area contributed by atoms with E-state index in [1.165, 1.54) is 12.8 Å². The Morgan fingerprint density at radius 3 is 2.82 bits per heavy atom. The number of carbonyl (C=O) groups excluding carboxylic acids is 1. The second kappa shape index (κ2) is 10.4. The highest BCUT2D eigenvalue weighted by Gasteiger charge is 2.25. The van der Waals surface area contributed by atoms with Crippen LogP contribution < -0.4 is 19.5 Å². The van der Waals surface area contributed by atoms with E-state index in [2.05, 4.69) is 10.2 Å². The van der Waals surface area contributed by atoms with Crippen LogP contribution in [0.25, 0.3) is 21.8 Å². The summed E-state index contributed by atoms with van der Waals surface area (Å²) in [6.07, 6.45) is 4.35. The standard InChI is InChI=1S/C26H31N3O5/c1-31-25-22(33-13-6-12-29-10-4-5-11-29)15-21-23(26(25)34-17-30)24(27-18-9-14-32-16-18)19-7-2-3-8-20(19)28-21/h2-3,7-8,15,17-18H,4-6,9-14,16H2,1H3,(H,27,28)/t18-/m1/s1. The lowest BCUT2D eigenvalue weighted by atomic mass is 10.0. The van der Waals surface area contributed by atoms with E-state index in [4.69, 9.17) is 23.9 Å². The summed E-state index contributed by atoms with van der Waals surface area (Å²) in [6.45, 7) is 5.63. The Kier molecular flexibility index (Phi) is 6.97. The van der Waals surface area contributed by atoms with Crippen molar-refractivity contribution in [3.63, 3.8) is 0 Å². The average molecular weight is 466 g/mol. The molecule has 3 heterocycles. The number of ether oxygens (including phenoxy) is 4. The molecule has 0 amide bonds. The lowest BCUT2D eigenvalue weighted by molar-refractivity contribution is -0.120. The monoisotopic (exact) mass is 465 g/mol.